The standard InChI is InChI=1S/C24H42N3O6P/c1-8-22(34(30,32-9-2)33-10-3)26-20(15-17(4)5)24(29)27-21(23(28)25-6)16-18-11-13-19(31-7)14-12-18/h11-14,17,20-22,26H,8-10,15-16H2,1-7H3,(H,25,28)(H,27,29)/t20-,21+,22+/m1/s1. The van der Waals surface area contributed by atoms with Crippen molar-refractivity contribution < 1.29 is 27.9 Å². The van der Waals surface area contributed by atoms with Crippen LogP contribution < -0.4 is 20.7 Å². The lowest BCUT2D eigenvalue weighted by atomic mass is 10.0. The first-order chi connectivity index (χ1) is 16.1. The highest BCUT2D eigenvalue weighted by Crippen LogP contribution is 2.53. The minimum atomic E-state index is -3.47. The first-order valence-electron chi connectivity index (χ1n) is 11.9. The van der Waals surface area contributed by atoms with E-state index < -0.39 is 25.5 Å². The largest absolute Gasteiger partial charge is 0.497 e. The maximum absolute atomic E-state index is 13.3. The molecule has 194 valence electrons. The van der Waals surface area contributed by atoms with E-state index in [9.17, 15) is 14.2 Å². The van der Waals surface area contributed by atoms with Gasteiger partial charge in [0.25, 0.3) is 0 Å². The Morgan fingerprint density at radius 3 is 2.00 bits per heavy atom. The summed E-state index contributed by atoms with van der Waals surface area (Å²) in [6.07, 6.45) is 1.25. The fourth-order valence-electron chi connectivity index (χ4n) is 3.62. The van der Waals surface area contributed by atoms with Crippen molar-refractivity contribution in [3.8, 4) is 5.75 Å². The molecule has 0 aliphatic heterocycles. The van der Waals surface area contributed by atoms with E-state index >= 15 is 0 Å². The van der Waals surface area contributed by atoms with Crippen molar-refractivity contribution in [2.45, 2.75) is 71.7 Å². The van der Waals surface area contributed by atoms with Gasteiger partial charge in [-0.15, -0.1) is 0 Å². The zero-order valence-corrected chi connectivity index (χ0v) is 22.4. The molecule has 9 nitrogen and oxygen atoms in total. The number of hydrogen-bond donors (Lipinski definition) is 3. The molecule has 10 heteroatoms. The smallest absolute Gasteiger partial charge is 0.347 e. The van der Waals surface area contributed by atoms with Crippen LogP contribution in [0.4, 0.5) is 0 Å². The van der Waals surface area contributed by atoms with Crippen molar-refractivity contribution in [3.05, 3.63) is 29.8 Å². The van der Waals surface area contributed by atoms with E-state index in [2.05, 4.69) is 16.0 Å². The first kappa shape index (κ1) is 30.1. The molecule has 34 heavy (non-hydrogen) atoms. The quantitative estimate of drug-likeness (QED) is 0.298. The summed E-state index contributed by atoms with van der Waals surface area (Å²) >= 11 is 0. The van der Waals surface area contributed by atoms with Crippen LogP contribution in [0.15, 0.2) is 24.3 Å². The summed E-state index contributed by atoms with van der Waals surface area (Å²) in [5, 5.41) is 8.71. The number of amides is 2. The van der Waals surface area contributed by atoms with Gasteiger partial charge in [-0.1, -0.05) is 32.9 Å². The molecule has 0 heterocycles. The van der Waals surface area contributed by atoms with E-state index in [0.29, 0.717) is 25.0 Å². The number of ether oxygens (including phenoxy) is 1. The van der Waals surface area contributed by atoms with Crippen LogP contribution in [0, 0.1) is 5.92 Å². The van der Waals surface area contributed by atoms with E-state index in [1.165, 1.54) is 7.05 Å². The Hall–Kier alpha value is -1.93. The monoisotopic (exact) mass is 499 g/mol. The summed E-state index contributed by atoms with van der Waals surface area (Å²) in [5.41, 5.74) is 0.881. The predicted molar refractivity (Wildman–Crippen MR) is 134 cm³/mol. The second-order valence-corrected chi connectivity index (χ2v) is 10.6. The van der Waals surface area contributed by atoms with E-state index in [1.54, 1.807) is 21.0 Å². The summed E-state index contributed by atoms with van der Waals surface area (Å²) < 4.78 is 29.5. The number of likely N-dealkylation sites (N-methyl/N-ethyl adjacent to an activating group) is 1. The third-order valence-corrected chi connectivity index (χ3v) is 7.80. The molecular formula is C24H42N3O6P. The van der Waals surface area contributed by atoms with Gasteiger partial charge in [-0.05, 0) is 50.3 Å². The Morgan fingerprint density at radius 1 is 0.971 bits per heavy atom. The summed E-state index contributed by atoms with van der Waals surface area (Å²) in [7, 11) is -0.348. The Balaban J connectivity index is 3.10. The summed E-state index contributed by atoms with van der Waals surface area (Å²) in [6.45, 7) is 9.84. The molecule has 1 aromatic carbocycles. The second kappa shape index (κ2) is 15.1. The Labute approximate surface area is 204 Å². The lowest BCUT2D eigenvalue weighted by Gasteiger charge is -2.31. The van der Waals surface area contributed by atoms with Gasteiger partial charge in [-0.3, -0.25) is 19.5 Å². The van der Waals surface area contributed by atoms with Gasteiger partial charge >= 0.3 is 7.60 Å². The van der Waals surface area contributed by atoms with Gasteiger partial charge in [0, 0.05) is 13.5 Å². The van der Waals surface area contributed by atoms with E-state index in [4.69, 9.17) is 13.8 Å². The van der Waals surface area contributed by atoms with Crippen LogP contribution in [0.5, 0.6) is 5.75 Å². The number of benzene rings is 1. The number of carbonyl (C=O) groups excluding carboxylic acids is 2. The Morgan fingerprint density at radius 2 is 1.56 bits per heavy atom. The molecule has 1 aromatic rings. The van der Waals surface area contributed by atoms with E-state index in [1.807, 2.05) is 45.0 Å². The van der Waals surface area contributed by atoms with Crippen LogP contribution in [0.3, 0.4) is 0 Å². The van der Waals surface area contributed by atoms with Crippen LogP contribution in [0.25, 0.3) is 0 Å². The Bertz CT molecular complexity index is 792. The molecule has 0 aromatic heterocycles. The molecule has 0 radical (unpaired) electrons. The molecule has 0 saturated heterocycles. The van der Waals surface area contributed by atoms with E-state index in [0.717, 1.165) is 5.56 Å². The average molecular weight is 500 g/mol. The van der Waals surface area contributed by atoms with Gasteiger partial charge in [0.05, 0.1) is 26.4 Å². The fraction of sp³-hybridized carbons (Fsp3) is 0.667. The van der Waals surface area contributed by atoms with Crippen molar-refractivity contribution in [1.29, 1.82) is 0 Å². The number of nitrogens with one attached hydrogen (secondary N) is 3. The predicted octanol–water partition coefficient (Wildman–Crippen LogP) is 3.48. The topological polar surface area (TPSA) is 115 Å². The zero-order chi connectivity index (χ0) is 25.7. The highest BCUT2D eigenvalue weighted by molar-refractivity contribution is 7.54. The molecule has 0 bridgehead atoms. The molecule has 0 aliphatic rings. The van der Waals surface area contributed by atoms with Crippen LogP contribution in [-0.2, 0) is 29.6 Å². The third-order valence-electron chi connectivity index (χ3n) is 5.28. The highest BCUT2D eigenvalue weighted by atomic mass is 31.2. The van der Waals surface area contributed by atoms with Gasteiger partial charge in [-0.2, -0.15) is 0 Å². The van der Waals surface area contributed by atoms with Crippen LogP contribution in [-0.4, -0.2) is 57.1 Å². The molecule has 3 N–H and O–H groups in total. The van der Waals surface area contributed by atoms with Crippen molar-refractivity contribution >= 4 is 19.4 Å². The van der Waals surface area contributed by atoms with Crippen molar-refractivity contribution in [2.24, 2.45) is 5.92 Å². The number of rotatable bonds is 16. The van der Waals surface area contributed by atoms with Gasteiger partial charge in [0.2, 0.25) is 11.8 Å². The maximum atomic E-state index is 13.3. The van der Waals surface area contributed by atoms with Gasteiger partial charge in [0.15, 0.2) is 0 Å². The fourth-order valence-corrected chi connectivity index (χ4v) is 5.58. The van der Waals surface area contributed by atoms with Crippen LogP contribution in [0.2, 0.25) is 0 Å². The van der Waals surface area contributed by atoms with Crippen molar-refractivity contribution in [3.63, 3.8) is 0 Å². The molecular weight excluding hydrogens is 457 g/mol. The molecule has 0 aliphatic carbocycles. The zero-order valence-electron chi connectivity index (χ0n) is 21.6. The van der Waals surface area contributed by atoms with Gasteiger partial charge in [0.1, 0.15) is 17.6 Å². The summed E-state index contributed by atoms with van der Waals surface area (Å²) in [5.74, 6) is -0.395. The van der Waals surface area contributed by atoms with Crippen LogP contribution >= 0.6 is 7.60 Å². The SMILES string of the molecule is CCOP(=O)(OCC)[C@@H](CC)N[C@H](CC(C)C)C(=O)N[C@@H](Cc1ccc(OC)cc1)C(=O)NC. The average Bonchev–Trinajstić information content (AvgIpc) is 2.81. The number of carbonyl (C=O) groups is 2. The minimum absolute atomic E-state index is 0.180. The second-order valence-electron chi connectivity index (χ2n) is 8.38. The van der Waals surface area contributed by atoms with E-state index in [-0.39, 0.29) is 30.9 Å². The maximum Gasteiger partial charge on any atom is 0.347 e. The molecule has 0 spiro atoms. The third kappa shape index (κ3) is 9.37. The number of hydrogen-bond acceptors (Lipinski definition) is 7. The summed E-state index contributed by atoms with van der Waals surface area (Å²) in [4.78, 5) is 25.9. The Kier molecular flexibility index (Phi) is 13.4. The summed E-state index contributed by atoms with van der Waals surface area (Å²) in [6, 6.07) is 5.89. The van der Waals surface area contributed by atoms with Gasteiger partial charge < -0.3 is 24.4 Å². The molecule has 0 fully saturated rings. The lowest BCUT2D eigenvalue weighted by Crippen LogP contribution is -2.55. The molecule has 0 unspecified atom stereocenters. The van der Waals surface area contributed by atoms with Crippen molar-refractivity contribution in [2.75, 3.05) is 27.4 Å². The lowest BCUT2D eigenvalue weighted by molar-refractivity contribution is -0.130. The molecule has 2 amide bonds. The minimum Gasteiger partial charge on any atom is -0.497 e. The van der Waals surface area contributed by atoms with Crippen molar-refractivity contribution in [1.82, 2.24) is 16.0 Å². The number of methoxy groups -OCH3 is 1. The highest BCUT2D eigenvalue weighted by Gasteiger charge is 2.37. The molecule has 3 atom stereocenters. The normalized spacial score (nSPS) is 14.4. The van der Waals surface area contributed by atoms with Crippen LogP contribution in [0.1, 0.15) is 53.0 Å². The van der Waals surface area contributed by atoms with Gasteiger partial charge in [-0.25, -0.2) is 0 Å². The first-order valence-corrected chi connectivity index (χ1v) is 13.5. The molecule has 1 rings (SSSR count). The molecule has 0 saturated carbocycles.